The van der Waals surface area contributed by atoms with E-state index in [2.05, 4.69) is 130 Å². The molecule has 0 saturated carbocycles. The lowest BCUT2D eigenvalue weighted by Crippen LogP contribution is -2.31. The summed E-state index contributed by atoms with van der Waals surface area (Å²) in [6, 6.07) is 30.8. The van der Waals surface area contributed by atoms with Crippen molar-refractivity contribution >= 4 is 35.1 Å². The fraction of sp³-hybridized carbons (Fsp3) is 0.108. The van der Waals surface area contributed by atoms with Crippen LogP contribution in [-0.4, -0.2) is 4.98 Å². The van der Waals surface area contributed by atoms with Crippen LogP contribution in [0.1, 0.15) is 25.5 Å². The third-order valence-electron chi connectivity index (χ3n) is 7.50. The first kappa shape index (κ1) is 23.9. The van der Waals surface area contributed by atoms with E-state index in [1.807, 2.05) is 6.08 Å². The molecule has 0 bridgehead atoms. The molecule has 1 heteroatoms. The van der Waals surface area contributed by atoms with Crippen LogP contribution in [0, 0.1) is 6.92 Å². The van der Waals surface area contributed by atoms with Crippen LogP contribution in [0.15, 0.2) is 97.6 Å². The Balaban J connectivity index is 1.57. The van der Waals surface area contributed by atoms with Crippen LogP contribution >= 0.6 is 0 Å². The molecule has 0 N–H and O–H groups in total. The van der Waals surface area contributed by atoms with Gasteiger partial charge in [-0.1, -0.05) is 104 Å². The lowest BCUT2D eigenvalue weighted by Gasteiger charge is -2.17. The highest BCUT2D eigenvalue weighted by atomic mass is 14.7. The molecule has 184 valence electrons. The number of nitrogens with zero attached hydrogens (tertiary/aromatic N) is 1. The Morgan fingerprint density at radius 2 is 1.34 bits per heavy atom. The SMILES string of the molecule is C=C/C=c1/cc(-c2ccc(-c3c4c(c(-c5cccc(C)n5)c5ccccc35)=CCCC=4)cc2)cc/c1=C/C. The van der Waals surface area contributed by atoms with Crippen LogP contribution in [-0.2, 0) is 0 Å². The number of rotatable bonds is 4. The molecule has 1 nitrogen and oxygen atoms in total. The van der Waals surface area contributed by atoms with Crippen LogP contribution in [0.4, 0.5) is 0 Å². The second-order valence-electron chi connectivity index (χ2n) is 9.88. The Morgan fingerprint density at radius 1 is 0.684 bits per heavy atom. The van der Waals surface area contributed by atoms with Gasteiger partial charge in [0.15, 0.2) is 0 Å². The van der Waals surface area contributed by atoms with Gasteiger partial charge in [0.25, 0.3) is 0 Å². The molecular formula is C37H31N. The minimum atomic E-state index is 1.04. The number of aromatic nitrogens is 1. The highest BCUT2D eigenvalue weighted by molar-refractivity contribution is 6.05. The summed E-state index contributed by atoms with van der Waals surface area (Å²) < 4.78 is 0. The molecule has 0 atom stereocenters. The summed E-state index contributed by atoms with van der Waals surface area (Å²) in [5.41, 5.74) is 8.31. The van der Waals surface area contributed by atoms with Gasteiger partial charge in [-0.05, 0) is 98.8 Å². The van der Waals surface area contributed by atoms with E-state index >= 15 is 0 Å². The van der Waals surface area contributed by atoms with Crippen molar-refractivity contribution in [2.45, 2.75) is 26.7 Å². The van der Waals surface area contributed by atoms with Gasteiger partial charge in [-0.3, -0.25) is 4.98 Å². The molecule has 0 aliphatic heterocycles. The predicted octanol–water partition coefficient (Wildman–Crippen LogP) is 6.67. The quantitative estimate of drug-likeness (QED) is 0.275. The monoisotopic (exact) mass is 489 g/mol. The van der Waals surface area contributed by atoms with Crippen LogP contribution in [0.3, 0.4) is 0 Å². The summed E-state index contributed by atoms with van der Waals surface area (Å²) in [4.78, 5) is 4.94. The highest BCUT2D eigenvalue weighted by Gasteiger charge is 2.16. The van der Waals surface area contributed by atoms with Crippen LogP contribution < -0.4 is 20.9 Å². The van der Waals surface area contributed by atoms with Gasteiger partial charge in [0.05, 0.1) is 5.69 Å². The van der Waals surface area contributed by atoms with E-state index in [0.29, 0.717) is 0 Å². The number of fused-ring (bicyclic) bond motifs is 2. The highest BCUT2D eigenvalue weighted by Crippen LogP contribution is 2.32. The maximum atomic E-state index is 4.94. The van der Waals surface area contributed by atoms with E-state index in [1.165, 1.54) is 59.5 Å². The maximum absolute atomic E-state index is 4.94. The predicted molar refractivity (Wildman–Crippen MR) is 164 cm³/mol. The normalized spacial score (nSPS) is 13.6. The summed E-state index contributed by atoms with van der Waals surface area (Å²) in [5, 5.41) is 7.57. The molecule has 1 aliphatic carbocycles. The fourth-order valence-electron chi connectivity index (χ4n) is 5.75. The minimum Gasteiger partial charge on any atom is -0.253 e. The summed E-state index contributed by atoms with van der Waals surface area (Å²) in [7, 11) is 0. The van der Waals surface area contributed by atoms with E-state index in [9.17, 15) is 0 Å². The second kappa shape index (κ2) is 10.1. The lowest BCUT2D eigenvalue weighted by molar-refractivity contribution is 1.12. The standard InChI is InChI=1S/C37H31N/c1-4-11-29-24-30(23-18-26(29)5-2)27-19-21-28(22-20-27)36-31-13-6-8-15-33(31)37(34-16-9-7-14-32(34)36)35-17-10-12-25(3)38-35/h4-6,8,10-24H,1,7,9H2,2-3H3/b26-5-,29-11-. The zero-order chi connectivity index (χ0) is 26.1. The van der Waals surface area contributed by atoms with E-state index < -0.39 is 0 Å². The first-order valence-corrected chi connectivity index (χ1v) is 13.4. The maximum Gasteiger partial charge on any atom is 0.0717 e. The van der Waals surface area contributed by atoms with Crippen molar-refractivity contribution in [3.8, 4) is 33.5 Å². The number of pyridine rings is 1. The minimum absolute atomic E-state index is 1.04. The summed E-state index contributed by atoms with van der Waals surface area (Å²) in [5.74, 6) is 0. The fourth-order valence-corrected chi connectivity index (χ4v) is 5.75. The number of aryl methyl sites for hydroxylation is 1. The zero-order valence-electron chi connectivity index (χ0n) is 22.0. The summed E-state index contributed by atoms with van der Waals surface area (Å²) in [6.07, 6.45) is 13.0. The Kier molecular flexibility index (Phi) is 6.35. The number of allylic oxidation sites excluding steroid dienone is 1. The Morgan fingerprint density at radius 3 is 2.03 bits per heavy atom. The van der Waals surface area contributed by atoms with Gasteiger partial charge in [0, 0.05) is 11.3 Å². The topological polar surface area (TPSA) is 12.9 Å². The Hall–Kier alpha value is -4.49. The molecule has 0 radical (unpaired) electrons. The first-order chi connectivity index (χ1) is 18.7. The molecule has 0 amide bonds. The first-order valence-electron chi connectivity index (χ1n) is 13.4. The molecule has 5 aromatic rings. The molecule has 0 saturated heterocycles. The van der Waals surface area contributed by atoms with Gasteiger partial charge in [-0.15, -0.1) is 0 Å². The number of benzene rings is 4. The smallest absolute Gasteiger partial charge is 0.0717 e. The molecule has 4 aromatic carbocycles. The van der Waals surface area contributed by atoms with Crippen molar-refractivity contribution in [2.75, 3.05) is 0 Å². The second-order valence-corrected chi connectivity index (χ2v) is 9.88. The molecule has 38 heavy (non-hydrogen) atoms. The van der Waals surface area contributed by atoms with Gasteiger partial charge in [0.2, 0.25) is 0 Å². The van der Waals surface area contributed by atoms with Crippen molar-refractivity contribution in [3.05, 3.63) is 124 Å². The van der Waals surface area contributed by atoms with Gasteiger partial charge in [-0.2, -0.15) is 0 Å². The van der Waals surface area contributed by atoms with E-state index in [0.717, 1.165) is 24.2 Å². The summed E-state index contributed by atoms with van der Waals surface area (Å²) >= 11 is 0. The van der Waals surface area contributed by atoms with Crippen molar-refractivity contribution in [2.24, 2.45) is 0 Å². The van der Waals surface area contributed by atoms with Crippen molar-refractivity contribution in [1.82, 2.24) is 4.98 Å². The van der Waals surface area contributed by atoms with Gasteiger partial charge < -0.3 is 0 Å². The van der Waals surface area contributed by atoms with E-state index in [4.69, 9.17) is 4.98 Å². The molecule has 1 aliphatic rings. The van der Waals surface area contributed by atoms with Crippen LogP contribution in [0.25, 0.3) is 68.6 Å². The molecule has 6 rings (SSSR count). The van der Waals surface area contributed by atoms with Crippen molar-refractivity contribution < 1.29 is 0 Å². The molecule has 0 fully saturated rings. The average molecular weight is 490 g/mol. The number of hydrogen-bond acceptors (Lipinski definition) is 1. The molecule has 1 aromatic heterocycles. The third kappa shape index (κ3) is 4.21. The van der Waals surface area contributed by atoms with Crippen molar-refractivity contribution in [1.29, 1.82) is 0 Å². The van der Waals surface area contributed by atoms with E-state index in [-0.39, 0.29) is 0 Å². The average Bonchev–Trinajstić information content (AvgIpc) is 2.96. The largest absolute Gasteiger partial charge is 0.253 e. The molecular weight excluding hydrogens is 458 g/mol. The van der Waals surface area contributed by atoms with Crippen LogP contribution in [0.5, 0.6) is 0 Å². The summed E-state index contributed by atoms with van der Waals surface area (Å²) in [6.45, 7) is 8.03. The van der Waals surface area contributed by atoms with Crippen molar-refractivity contribution in [3.63, 3.8) is 0 Å². The molecule has 1 heterocycles. The van der Waals surface area contributed by atoms with Crippen LogP contribution in [0.2, 0.25) is 0 Å². The Labute approximate surface area is 224 Å². The van der Waals surface area contributed by atoms with Gasteiger partial charge >= 0.3 is 0 Å². The lowest BCUT2D eigenvalue weighted by atomic mass is 9.87. The number of hydrogen-bond donors (Lipinski definition) is 0. The third-order valence-corrected chi connectivity index (χ3v) is 7.50. The Bertz CT molecular complexity index is 1940. The molecule has 0 unspecified atom stereocenters. The zero-order valence-corrected chi connectivity index (χ0v) is 22.0. The van der Waals surface area contributed by atoms with Gasteiger partial charge in [0.1, 0.15) is 0 Å². The van der Waals surface area contributed by atoms with E-state index in [1.54, 1.807) is 0 Å². The van der Waals surface area contributed by atoms with Gasteiger partial charge in [-0.25, -0.2) is 0 Å². The molecule has 0 spiro atoms.